The largest absolute Gasteiger partial charge is 0.401 e. The van der Waals surface area contributed by atoms with Crippen molar-refractivity contribution < 1.29 is 13.2 Å². The van der Waals surface area contributed by atoms with E-state index in [0.717, 1.165) is 25.1 Å². The Morgan fingerprint density at radius 3 is 2.58 bits per heavy atom. The molecule has 1 aromatic carbocycles. The molecule has 0 aromatic heterocycles. The number of anilines is 1. The fourth-order valence-electron chi connectivity index (χ4n) is 2.29. The third kappa shape index (κ3) is 4.58. The van der Waals surface area contributed by atoms with Gasteiger partial charge in [-0.25, -0.2) is 0 Å². The van der Waals surface area contributed by atoms with E-state index in [0.29, 0.717) is 11.6 Å². The van der Waals surface area contributed by atoms with Crippen molar-refractivity contribution in [2.24, 2.45) is 0 Å². The van der Waals surface area contributed by atoms with E-state index in [4.69, 9.17) is 11.6 Å². The van der Waals surface area contributed by atoms with Crippen molar-refractivity contribution in [3.63, 3.8) is 0 Å². The molecular weight excluding hydrogens is 277 g/mol. The minimum Gasteiger partial charge on any atom is -0.370 e. The smallest absolute Gasteiger partial charge is 0.370 e. The lowest BCUT2D eigenvalue weighted by Gasteiger charge is -2.35. The molecule has 1 heterocycles. The summed E-state index contributed by atoms with van der Waals surface area (Å²) in [4.78, 5) is 2.09. The Morgan fingerprint density at radius 2 is 1.95 bits per heavy atom. The first kappa shape index (κ1) is 14.5. The topological polar surface area (TPSA) is 15.3 Å². The van der Waals surface area contributed by atoms with Crippen LogP contribution in [0.25, 0.3) is 0 Å². The summed E-state index contributed by atoms with van der Waals surface area (Å²) in [5.41, 5.74) is 1.00. The summed E-state index contributed by atoms with van der Waals surface area (Å²) in [5.74, 6) is 0. The highest BCUT2D eigenvalue weighted by Gasteiger charge is 2.29. The van der Waals surface area contributed by atoms with Gasteiger partial charge in [0.1, 0.15) is 0 Å². The van der Waals surface area contributed by atoms with Crippen LogP contribution in [0.4, 0.5) is 18.9 Å². The number of benzene rings is 1. The number of alkyl halides is 3. The number of halogens is 4. The van der Waals surface area contributed by atoms with Crippen molar-refractivity contribution in [2.45, 2.75) is 25.1 Å². The van der Waals surface area contributed by atoms with Gasteiger partial charge in [0.25, 0.3) is 0 Å². The average molecular weight is 293 g/mol. The minimum absolute atomic E-state index is 0.119. The summed E-state index contributed by atoms with van der Waals surface area (Å²) >= 11 is 5.82. The van der Waals surface area contributed by atoms with Gasteiger partial charge in [-0.1, -0.05) is 11.6 Å². The quantitative estimate of drug-likeness (QED) is 0.918. The lowest BCUT2D eigenvalue weighted by molar-refractivity contribution is -0.126. The fourth-order valence-corrected chi connectivity index (χ4v) is 2.42. The van der Waals surface area contributed by atoms with E-state index in [2.05, 4.69) is 10.2 Å². The highest BCUT2D eigenvalue weighted by molar-refractivity contribution is 6.30. The summed E-state index contributed by atoms with van der Waals surface area (Å²) in [6.45, 7) is 0.537. The second-order valence-corrected chi connectivity index (χ2v) is 5.19. The van der Waals surface area contributed by atoms with Gasteiger partial charge in [-0.15, -0.1) is 0 Å². The lowest BCUT2D eigenvalue weighted by atomic mass is 10.0. The minimum atomic E-state index is -4.15. The molecule has 2 nitrogen and oxygen atoms in total. The molecule has 19 heavy (non-hydrogen) atoms. The first-order valence-electron chi connectivity index (χ1n) is 6.25. The van der Waals surface area contributed by atoms with Crippen LogP contribution in [0.15, 0.2) is 24.3 Å². The third-order valence-corrected chi connectivity index (χ3v) is 3.46. The van der Waals surface area contributed by atoms with Gasteiger partial charge in [-0.3, -0.25) is 0 Å². The lowest BCUT2D eigenvalue weighted by Crippen LogP contribution is -2.48. The zero-order valence-corrected chi connectivity index (χ0v) is 11.1. The Balaban J connectivity index is 1.91. The van der Waals surface area contributed by atoms with Crippen LogP contribution in [0.3, 0.4) is 0 Å². The van der Waals surface area contributed by atoms with Gasteiger partial charge in [0, 0.05) is 29.8 Å². The molecule has 1 fully saturated rings. The van der Waals surface area contributed by atoms with Crippen molar-refractivity contribution in [3.8, 4) is 0 Å². The highest BCUT2D eigenvalue weighted by atomic mass is 35.5. The van der Waals surface area contributed by atoms with Crippen molar-refractivity contribution in [1.82, 2.24) is 5.32 Å². The van der Waals surface area contributed by atoms with E-state index in [9.17, 15) is 13.2 Å². The van der Waals surface area contributed by atoms with Gasteiger partial charge >= 0.3 is 6.18 Å². The average Bonchev–Trinajstić information content (AvgIpc) is 2.37. The number of hydrogen-bond acceptors (Lipinski definition) is 2. The molecule has 6 heteroatoms. The van der Waals surface area contributed by atoms with Gasteiger partial charge in [0.2, 0.25) is 0 Å². The highest BCUT2D eigenvalue weighted by Crippen LogP contribution is 2.22. The maximum absolute atomic E-state index is 12.2. The molecule has 0 saturated carbocycles. The van der Waals surface area contributed by atoms with E-state index < -0.39 is 12.7 Å². The molecular formula is C13H16ClF3N2. The molecule has 2 rings (SSSR count). The summed E-state index contributed by atoms with van der Waals surface area (Å²) in [7, 11) is 0. The van der Waals surface area contributed by atoms with Gasteiger partial charge < -0.3 is 10.2 Å². The maximum atomic E-state index is 12.2. The Labute approximate surface area is 115 Å². The van der Waals surface area contributed by atoms with Crippen LogP contribution >= 0.6 is 11.6 Å². The van der Waals surface area contributed by atoms with E-state index in [1.54, 1.807) is 12.1 Å². The first-order valence-corrected chi connectivity index (χ1v) is 6.62. The number of piperidine rings is 1. The zero-order chi connectivity index (χ0) is 13.9. The van der Waals surface area contributed by atoms with Crippen LogP contribution in [-0.4, -0.2) is 31.9 Å². The predicted molar refractivity (Wildman–Crippen MR) is 70.7 cm³/mol. The summed E-state index contributed by atoms with van der Waals surface area (Å²) in [6.07, 6.45) is -2.49. The number of nitrogens with one attached hydrogen (secondary N) is 1. The molecule has 1 atom stereocenters. The number of rotatable bonds is 3. The van der Waals surface area contributed by atoms with Crippen LogP contribution in [0.5, 0.6) is 0 Å². The van der Waals surface area contributed by atoms with Crippen molar-refractivity contribution in [1.29, 1.82) is 0 Å². The Kier molecular flexibility index (Phi) is 4.58. The van der Waals surface area contributed by atoms with Crippen LogP contribution in [0.2, 0.25) is 5.02 Å². The summed E-state index contributed by atoms with van der Waals surface area (Å²) < 4.78 is 36.6. The van der Waals surface area contributed by atoms with Gasteiger partial charge in [-0.2, -0.15) is 13.2 Å². The monoisotopic (exact) mass is 292 g/mol. The summed E-state index contributed by atoms with van der Waals surface area (Å²) in [6, 6.07) is 7.27. The zero-order valence-electron chi connectivity index (χ0n) is 10.4. The van der Waals surface area contributed by atoms with Crippen LogP contribution in [0.1, 0.15) is 12.8 Å². The molecule has 0 radical (unpaired) electrons. The molecule has 1 aromatic rings. The number of hydrogen-bond donors (Lipinski definition) is 1. The molecule has 1 N–H and O–H groups in total. The van der Waals surface area contributed by atoms with Crippen LogP contribution < -0.4 is 10.2 Å². The molecule has 1 saturated heterocycles. The second-order valence-electron chi connectivity index (χ2n) is 4.76. The molecule has 0 aliphatic carbocycles. The van der Waals surface area contributed by atoms with Crippen LogP contribution in [0, 0.1) is 0 Å². The summed E-state index contributed by atoms with van der Waals surface area (Å²) in [5, 5.41) is 3.24. The van der Waals surface area contributed by atoms with E-state index >= 15 is 0 Å². The Morgan fingerprint density at radius 1 is 1.26 bits per heavy atom. The van der Waals surface area contributed by atoms with Crippen molar-refractivity contribution >= 4 is 17.3 Å². The second kappa shape index (κ2) is 6.01. The fraction of sp³-hybridized carbons (Fsp3) is 0.538. The molecule has 1 unspecified atom stereocenters. The molecule has 106 valence electrons. The van der Waals surface area contributed by atoms with Gasteiger partial charge in [0.15, 0.2) is 0 Å². The van der Waals surface area contributed by atoms with Crippen molar-refractivity contribution in [3.05, 3.63) is 29.3 Å². The Bertz CT molecular complexity index is 405. The molecule has 1 aliphatic heterocycles. The standard InChI is InChI=1S/C13H16ClF3N2/c14-10-3-5-12(6-4-10)19-7-1-2-11(8-19)18-9-13(15,16)17/h3-6,11,18H,1-2,7-9H2. The van der Waals surface area contributed by atoms with Crippen LogP contribution in [-0.2, 0) is 0 Å². The molecule has 0 amide bonds. The van der Waals surface area contributed by atoms with E-state index in [1.807, 2.05) is 12.1 Å². The Hall–Kier alpha value is -0.940. The van der Waals surface area contributed by atoms with E-state index in [1.165, 1.54) is 0 Å². The van der Waals surface area contributed by atoms with Gasteiger partial charge in [-0.05, 0) is 37.1 Å². The maximum Gasteiger partial charge on any atom is 0.401 e. The third-order valence-electron chi connectivity index (χ3n) is 3.20. The first-order chi connectivity index (χ1) is 8.94. The molecule has 1 aliphatic rings. The SMILES string of the molecule is FC(F)(F)CNC1CCCN(c2ccc(Cl)cc2)C1. The predicted octanol–water partition coefficient (Wildman–Crippen LogP) is 3.46. The normalized spacial score (nSPS) is 20.6. The van der Waals surface area contributed by atoms with Crippen molar-refractivity contribution in [2.75, 3.05) is 24.5 Å². The van der Waals surface area contributed by atoms with Gasteiger partial charge in [0.05, 0.1) is 6.54 Å². The number of nitrogens with zero attached hydrogens (tertiary/aromatic N) is 1. The van der Waals surface area contributed by atoms with E-state index in [-0.39, 0.29) is 6.04 Å². The molecule has 0 spiro atoms. The molecule has 0 bridgehead atoms.